The van der Waals surface area contributed by atoms with E-state index in [1.165, 1.54) is 16.8 Å². The average Bonchev–Trinajstić information content (AvgIpc) is 2.44. The van der Waals surface area contributed by atoms with E-state index in [-0.39, 0.29) is 7.92 Å². The third-order valence-electron chi connectivity index (χ3n) is 2.45. The summed E-state index contributed by atoms with van der Waals surface area (Å²) in [5.41, 5.74) is 0. The van der Waals surface area contributed by atoms with Gasteiger partial charge in [-0.25, -0.2) is 0 Å². The standard InChI is InChI=1S/C14H15P.OSi/c1-2-15(13-9-5-3-6-10-13)14-11-7-4-8-12-14;1-2/h3-12H,2H2,1H3;. The average molecular weight is 258 g/mol. The Labute approximate surface area is 107 Å². The van der Waals surface area contributed by atoms with Crippen molar-refractivity contribution >= 4 is 28.5 Å². The molecule has 0 radical (unpaired) electrons. The Kier molecular flexibility index (Phi) is 6.79. The van der Waals surface area contributed by atoms with Gasteiger partial charge in [0.05, 0.1) is 0 Å². The van der Waals surface area contributed by atoms with E-state index in [9.17, 15) is 0 Å². The molecular weight excluding hydrogens is 243 g/mol. The summed E-state index contributed by atoms with van der Waals surface area (Å²) in [6, 6.07) is 21.6. The van der Waals surface area contributed by atoms with Crippen molar-refractivity contribution in [1.82, 2.24) is 0 Å². The van der Waals surface area contributed by atoms with Crippen molar-refractivity contribution in [2.24, 2.45) is 0 Å². The summed E-state index contributed by atoms with van der Waals surface area (Å²) in [5, 5.41) is 2.95. The Hall–Kier alpha value is -0.953. The van der Waals surface area contributed by atoms with Crippen LogP contribution in [0.25, 0.3) is 0 Å². The summed E-state index contributed by atoms with van der Waals surface area (Å²) < 4.78 is 8.06. The molecule has 2 aromatic carbocycles. The van der Waals surface area contributed by atoms with E-state index >= 15 is 0 Å². The second-order valence-electron chi connectivity index (χ2n) is 3.42. The van der Waals surface area contributed by atoms with Crippen LogP contribution in [0.15, 0.2) is 60.7 Å². The minimum atomic E-state index is -0.149. The van der Waals surface area contributed by atoms with Gasteiger partial charge in [-0.1, -0.05) is 67.6 Å². The first-order chi connectivity index (χ1) is 8.42. The first kappa shape index (κ1) is 14.1. The van der Waals surface area contributed by atoms with Crippen LogP contribution in [0, 0.1) is 0 Å². The van der Waals surface area contributed by atoms with Crippen LogP contribution in [0.2, 0.25) is 0 Å². The van der Waals surface area contributed by atoms with Crippen molar-refractivity contribution in [1.29, 1.82) is 0 Å². The normalized spacial score (nSPS) is 9.41. The number of hydrogen-bond donors (Lipinski definition) is 0. The zero-order valence-corrected chi connectivity index (χ0v) is 11.7. The van der Waals surface area contributed by atoms with Gasteiger partial charge >= 0.3 is 14.3 Å². The fraction of sp³-hybridized carbons (Fsp3) is 0.143. The van der Waals surface area contributed by atoms with Crippen molar-refractivity contribution in [3.8, 4) is 0 Å². The third kappa shape index (κ3) is 4.08. The molecular formula is C14H15OPSi. The SMILES string of the molecule is CCP(c1ccccc1)c1ccccc1.[O+]#[Si-]. The van der Waals surface area contributed by atoms with Gasteiger partial charge in [0.25, 0.3) is 0 Å². The van der Waals surface area contributed by atoms with Crippen molar-refractivity contribution in [2.75, 3.05) is 6.16 Å². The number of rotatable bonds is 3. The molecule has 0 amide bonds. The molecule has 0 bridgehead atoms. The fourth-order valence-electron chi connectivity index (χ4n) is 1.73. The predicted molar refractivity (Wildman–Crippen MR) is 76.1 cm³/mol. The summed E-state index contributed by atoms with van der Waals surface area (Å²) in [6.45, 7) is 2.27. The van der Waals surface area contributed by atoms with Gasteiger partial charge in [-0.2, -0.15) is 0 Å². The molecule has 0 aromatic heterocycles. The van der Waals surface area contributed by atoms with Crippen LogP contribution < -0.4 is 10.6 Å². The fourth-order valence-corrected chi connectivity index (χ4v) is 3.82. The maximum absolute atomic E-state index is 8.06. The Morgan fingerprint density at radius 3 is 1.47 bits per heavy atom. The Morgan fingerprint density at radius 2 is 1.18 bits per heavy atom. The quantitative estimate of drug-likeness (QED) is 0.458. The van der Waals surface area contributed by atoms with Gasteiger partial charge in [0.2, 0.25) is 0 Å². The maximum atomic E-state index is 8.06. The molecule has 0 aliphatic heterocycles. The Bertz CT molecular complexity index is 402. The van der Waals surface area contributed by atoms with E-state index in [0.717, 1.165) is 0 Å². The molecule has 0 atom stereocenters. The van der Waals surface area contributed by atoms with E-state index in [4.69, 9.17) is 4.30 Å². The second-order valence-corrected chi connectivity index (χ2v) is 5.94. The summed E-state index contributed by atoms with van der Waals surface area (Å²) in [7, 11) is 1.57. The zero-order valence-electron chi connectivity index (χ0n) is 9.84. The molecule has 3 heteroatoms. The van der Waals surface area contributed by atoms with Gasteiger partial charge in [-0.3, -0.25) is 0 Å². The number of hydrogen-bond acceptors (Lipinski definition) is 0. The topological polar surface area (TPSA) is 19.9 Å². The van der Waals surface area contributed by atoms with Gasteiger partial charge in [-0.15, -0.1) is 0 Å². The van der Waals surface area contributed by atoms with E-state index in [0.29, 0.717) is 0 Å². The summed E-state index contributed by atoms with van der Waals surface area (Å²) >= 11 is 0. The van der Waals surface area contributed by atoms with Crippen LogP contribution in [0.5, 0.6) is 0 Å². The molecule has 0 aliphatic carbocycles. The van der Waals surface area contributed by atoms with Gasteiger partial charge in [-0.05, 0) is 24.7 Å². The molecule has 1 nitrogen and oxygen atoms in total. The summed E-state index contributed by atoms with van der Waals surface area (Å²) in [4.78, 5) is 0. The molecule has 2 rings (SSSR count). The minimum absolute atomic E-state index is 0.149. The van der Waals surface area contributed by atoms with Crippen molar-refractivity contribution < 1.29 is 4.30 Å². The second kappa shape index (κ2) is 8.18. The molecule has 86 valence electrons. The van der Waals surface area contributed by atoms with Crippen LogP contribution in [0.4, 0.5) is 0 Å². The molecule has 0 saturated carbocycles. The van der Waals surface area contributed by atoms with Crippen molar-refractivity contribution in [2.45, 2.75) is 6.92 Å². The molecule has 0 saturated heterocycles. The van der Waals surface area contributed by atoms with Gasteiger partial charge < -0.3 is 0 Å². The van der Waals surface area contributed by atoms with Crippen molar-refractivity contribution in [3.05, 3.63) is 60.7 Å². The van der Waals surface area contributed by atoms with E-state index in [2.05, 4.69) is 67.6 Å². The molecule has 0 heterocycles. The monoisotopic (exact) mass is 258 g/mol. The Morgan fingerprint density at radius 1 is 0.824 bits per heavy atom. The summed E-state index contributed by atoms with van der Waals surface area (Å²) in [5.74, 6) is 0. The van der Waals surface area contributed by atoms with E-state index in [1.807, 2.05) is 0 Å². The van der Waals surface area contributed by atoms with Crippen LogP contribution in [0.1, 0.15) is 6.92 Å². The molecule has 0 spiro atoms. The first-order valence-electron chi connectivity index (χ1n) is 5.50. The predicted octanol–water partition coefficient (Wildman–Crippen LogP) is 2.64. The summed E-state index contributed by atoms with van der Waals surface area (Å²) in [6.07, 6.45) is 1.21. The van der Waals surface area contributed by atoms with Gasteiger partial charge in [0, 0.05) is 0 Å². The van der Waals surface area contributed by atoms with Gasteiger partial charge in [0.1, 0.15) is 0 Å². The van der Waals surface area contributed by atoms with Crippen LogP contribution in [-0.4, -0.2) is 16.1 Å². The zero-order chi connectivity index (χ0) is 12.5. The van der Waals surface area contributed by atoms with Crippen LogP contribution in [0.3, 0.4) is 0 Å². The third-order valence-corrected chi connectivity index (χ3v) is 4.93. The first-order valence-corrected chi connectivity index (χ1v) is 7.43. The Balaban J connectivity index is 0.000000686. The molecule has 0 unspecified atom stereocenters. The van der Waals surface area contributed by atoms with E-state index < -0.39 is 0 Å². The molecule has 2 aromatic rings. The van der Waals surface area contributed by atoms with Crippen molar-refractivity contribution in [3.63, 3.8) is 0 Å². The molecule has 0 fully saturated rings. The number of benzene rings is 2. The van der Waals surface area contributed by atoms with Crippen LogP contribution >= 0.6 is 7.92 Å². The van der Waals surface area contributed by atoms with Crippen LogP contribution in [-0.2, 0) is 4.30 Å². The molecule has 17 heavy (non-hydrogen) atoms. The van der Waals surface area contributed by atoms with Gasteiger partial charge in [0.15, 0.2) is 0 Å². The molecule has 0 N–H and O–H groups in total. The van der Waals surface area contributed by atoms with E-state index in [1.54, 1.807) is 9.98 Å². The molecule has 0 aliphatic rings.